The first-order chi connectivity index (χ1) is 26.2. The van der Waals surface area contributed by atoms with Gasteiger partial charge in [0, 0.05) is 29.4 Å². The van der Waals surface area contributed by atoms with E-state index in [9.17, 15) is 24.3 Å². The number of H-pyrrole nitrogens is 1. The number of nitrogens with zero attached hydrogens (tertiary/aromatic N) is 1. The van der Waals surface area contributed by atoms with Gasteiger partial charge in [-0.05, 0) is 133 Å². The first-order valence-corrected chi connectivity index (χ1v) is 21.6. The van der Waals surface area contributed by atoms with E-state index >= 15 is 0 Å². The van der Waals surface area contributed by atoms with Gasteiger partial charge in [0.05, 0.1) is 29.2 Å². The van der Waals surface area contributed by atoms with Crippen molar-refractivity contribution in [3.8, 4) is 0 Å². The van der Waals surface area contributed by atoms with Crippen LogP contribution in [-0.2, 0) is 19.1 Å². The number of benzene rings is 1. The number of carboxylic acids is 1. The molecule has 10 atom stereocenters. The van der Waals surface area contributed by atoms with Gasteiger partial charge in [0.25, 0.3) is 5.91 Å². The summed E-state index contributed by atoms with van der Waals surface area (Å²) in [6.45, 7) is 21.1. The number of allylic oxidation sites excluding steroid dienone is 2. The van der Waals surface area contributed by atoms with E-state index in [1.165, 1.54) is 5.57 Å². The zero-order chi connectivity index (χ0) is 40.4. The van der Waals surface area contributed by atoms with Gasteiger partial charge in [-0.15, -0.1) is 0 Å². The van der Waals surface area contributed by atoms with Gasteiger partial charge in [0.15, 0.2) is 5.78 Å². The molecule has 0 spiro atoms. The number of carbonyl (C=O) groups excluding carboxylic acids is 3. The van der Waals surface area contributed by atoms with Crippen molar-refractivity contribution in [2.24, 2.45) is 68.0 Å². The summed E-state index contributed by atoms with van der Waals surface area (Å²) < 4.78 is 6.42. The average Bonchev–Trinajstić information content (AvgIpc) is 3.70. The maximum atomic E-state index is 14.1. The number of aromatic amines is 1. The van der Waals surface area contributed by atoms with Gasteiger partial charge in [-0.25, -0.2) is 4.98 Å². The molecule has 1 amide bonds. The minimum absolute atomic E-state index is 0.0418. The lowest BCUT2D eigenvalue weighted by Crippen LogP contribution is -2.66. The Bertz CT molecular complexity index is 2010. The summed E-state index contributed by atoms with van der Waals surface area (Å²) in [6.07, 6.45) is 11.5. The molecule has 9 nitrogen and oxygen atoms in total. The fourth-order valence-electron chi connectivity index (χ4n) is 14.8. The van der Waals surface area contributed by atoms with Gasteiger partial charge in [-0.3, -0.25) is 19.2 Å². The highest BCUT2D eigenvalue weighted by Crippen LogP contribution is 2.77. The van der Waals surface area contributed by atoms with Crippen LogP contribution in [0.5, 0.6) is 0 Å². The van der Waals surface area contributed by atoms with Crippen molar-refractivity contribution >= 4 is 34.7 Å². The Balaban J connectivity index is 1.02. The number of aromatic nitrogens is 2. The number of carbonyl (C=O) groups is 4. The van der Waals surface area contributed by atoms with E-state index in [1.807, 2.05) is 32.0 Å². The number of esters is 1. The van der Waals surface area contributed by atoms with Crippen molar-refractivity contribution in [1.82, 2.24) is 15.3 Å². The molecule has 3 N–H and O–H groups in total. The van der Waals surface area contributed by atoms with E-state index in [1.54, 1.807) is 6.33 Å². The molecule has 1 heterocycles. The van der Waals surface area contributed by atoms with Crippen LogP contribution in [0.15, 0.2) is 35.7 Å². The number of amides is 1. The Hall–Kier alpha value is -3.49. The van der Waals surface area contributed by atoms with Crippen molar-refractivity contribution in [2.75, 3.05) is 6.54 Å². The highest BCUT2D eigenvalue weighted by molar-refractivity contribution is 6.01. The second kappa shape index (κ2) is 13.0. The van der Waals surface area contributed by atoms with Crippen LogP contribution in [0.2, 0.25) is 0 Å². The molecular formula is C47H65N3O6. The van der Waals surface area contributed by atoms with Gasteiger partial charge >= 0.3 is 11.9 Å². The molecule has 6 aliphatic rings. The number of hydrogen-bond donors (Lipinski definition) is 3. The molecule has 2 aromatic rings. The molecule has 1 aromatic heterocycles. The van der Waals surface area contributed by atoms with Crippen molar-refractivity contribution in [3.05, 3.63) is 41.2 Å². The molecule has 5 saturated carbocycles. The number of rotatable bonds is 8. The molecular weight excluding hydrogens is 703 g/mol. The summed E-state index contributed by atoms with van der Waals surface area (Å²) in [5, 5.41) is 12.9. The first kappa shape index (κ1) is 39.3. The zero-order valence-electron chi connectivity index (χ0n) is 35.3. The topological polar surface area (TPSA) is 138 Å². The number of ketones is 1. The van der Waals surface area contributed by atoms with E-state index in [-0.39, 0.29) is 56.9 Å². The quantitative estimate of drug-likeness (QED) is 0.228. The van der Waals surface area contributed by atoms with Gasteiger partial charge in [-0.2, -0.15) is 0 Å². The number of aliphatic carboxylic acids is 1. The van der Waals surface area contributed by atoms with E-state index in [0.717, 1.165) is 74.4 Å². The number of hydrogen-bond acceptors (Lipinski definition) is 6. The minimum atomic E-state index is -0.828. The van der Waals surface area contributed by atoms with E-state index in [2.05, 4.69) is 63.8 Å². The molecule has 0 aliphatic heterocycles. The van der Waals surface area contributed by atoms with Crippen molar-refractivity contribution < 1.29 is 29.0 Å². The molecule has 56 heavy (non-hydrogen) atoms. The molecule has 5 fully saturated rings. The van der Waals surface area contributed by atoms with Crippen LogP contribution in [0, 0.1) is 68.0 Å². The molecule has 0 saturated heterocycles. The van der Waals surface area contributed by atoms with Crippen LogP contribution >= 0.6 is 0 Å². The Labute approximate surface area is 333 Å². The van der Waals surface area contributed by atoms with Crippen LogP contribution in [-0.4, -0.2) is 51.4 Å². The van der Waals surface area contributed by atoms with Gasteiger partial charge in [0.1, 0.15) is 6.10 Å². The molecule has 0 radical (unpaired) electrons. The Morgan fingerprint density at radius 3 is 2.36 bits per heavy atom. The minimum Gasteiger partial charge on any atom is -0.481 e. The van der Waals surface area contributed by atoms with Gasteiger partial charge in [-0.1, -0.05) is 67.9 Å². The predicted octanol–water partition coefficient (Wildman–Crippen LogP) is 9.32. The zero-order valence-corrected chi connectivity index (χ0v) is 35.3. The Morgan fingerprint density at radius 2 is 1.66 bits per heavy atom. The van der Waals surface area contributed by atoms with Gasteiger partial charge < -0.3 is 20.1 Å². The lowest BCUT2D eigenvalue weighted by Gasteiger charge is -2.72. The number of imidazole rings is 1. The standard InChI is InChI=1S/C47H65N3O6/c1-26(2)37-33(51)24-47(20-21-48-39(52)27-10-12-31-32(22-27)50-25-49-31)19-18-45(8)28(38(37)47)11-13-35-44(7)16-15-36(43(5,6)34(44)14-17-46(35,45)9)56-41(55)30-23-29(40(53)54)42(30,3)4/h10,12,22,25-26,28-30,34-36H,11,13-21,23-24H2,1-9H3,(H,48,52)(H,49,50)(H,53,54)/t28-,29+,30-,34+,35-,36+,44+,45-,46-,47-/m1/s1. The molecule has 304 valence electrons. The summed E-state index contributed by atoms with van der Waals surface area (Å²) in [4.78, 5) is 60.2. The van der Waals surface area contributed by atoms with E-state index in [0.29, 0.717) is 48.5 Å². The number of ether oxygens (including phenoxy) is 1. The van der Waals surface area contributed by atoms with E-state index in [4.69, 9.17) is 4.74 Å². The molecule has 1 aromatic carbocycles. The fourth-order valence-corrected chi connectivity index (χ4v) is 14.8. The van der Waals surface area contributed by atoms with E-state index < -0.39 is 17.3 Å². The summed E-state index contributed by atoms with van der Waals surface area (Å²) >= 11 is 0. The number of nitrogens with one attached hydrogen (secondary N) is 2. The third kappa shape index (κ3) is 5.47. The second-order valence-corrected chi connectivity index (χ2v) is 21.4. The van der Waals surface area contributed by atoms with Gasteiger partial charge in [0.2, 0.25) is 0 Å². The summed E-state index contributed by atoms with van der Waals surface area (Å²) in [5.41, 5.74) is 4.00. The number of carboxylic acid groups (broad SMARTS) is 1. The second-order valence-electron chi connectivity index (χ2n) is 21.4. The number of fused-ring (bicyclic) bond motifs is 8. The van der Waals surface area contributed by atoms with Crippen molar-refractivity contribution in [2.45, 2.75) is 139 Å². The third-order valence-electron chi connectivity index (χ3n) is 18.2. The third-order valence-corrected chi connectivity index (χ3v) is 18.2. The maximum Gasteiger partial charge on any atom is 0.309 e. The fraction of sp³-hybridized carbons (Fsp3) is 0.723. The molecule has 6 aliphatic carbocycles. The molecule has 9 heteroatoms. The number of Topliss-reactive ketones (excluding diaryl/α,β-unsaturated/α-hetero) is 1. The SMILES string of the molecule is CC(C)C1=C2[C@H]3CC[C@@H]4[C@@]5(C)CC[C@H](OC(=O)[C@H]6C[C@@H](C(=O)O)C6(C)C)C(C)(C)[C@@H]5CC[C@@]4(C)[C@]3(C)CC[C@@]2(CCNC(=O)c2ccc3nc[nH]c3c2)CC1=O. The normalized spacial score (nSPS) is 39.6. The first-order valence-electron chi connectivity index (χ1n) is 21.6. The monoisotopic (exact) mass is 767 g/mol. The highest BCUT2D eigenvalue weighted by atomic mass is 16.5. The maximum absolute atomic E-state index is 14.1. The smallest absolute Gasteiger partial charge is 0.309 e. The average molecular weight is 768 g/mol. The lowest BCUT2D eigenvalue weighted by molar-refractivity contribution is -0.236. The van der Waals surface area contributed by atoms with Crippen LogP contribution in [0.3, 0.4) is 0 Å². The lowest BCUT2D eigenvalue weighted by atomic mass is 9.33. The molecule has 0 bridgehead atoms. The summed E-state index contributed by atoms with van der Waals surface area (Å²) in [7, 11) is 0. The predicted molar refractivity (Wildman–Crippen MR) is 215 cm³/mol. The van der Waals surface area contributed by atoms with Crippen LogP contribution in [0.1, 0.15) is 143 Å². The highest BCUT2D eigenvalue weighted by Gasteiger charge is 2.70. The van der Waals surface area contributed by atoms with Crippen LogP contribution in [0.4, 0.5) is 0 Å². The van der Waals surface area contributed by atoms with Crippen molar-refractivity contribution in [3.63, 3.8) is 0 Å². The summed E-state index contributed by atoms with van der Waals surface area (Å²) in [6, 6.07) is 5.55. The Kier molecular flexibility index (Phi) is 9.14. The van der Waals surface area contributed by atoms with Crippen LogP contribution < -0.4 is 5.32 Å². The Morgan fingerprint density at radius 1 is 0.911 bits per heavy atom. The van der Waals surface area contributed by atoms with Crippen LogP contribution in [0.25, 0.3) is 11.0 Å². The largest absolute Gasteiger partial charge is 0.481 e. The summed E-state index contributed by atoms with van der Waals surface area (Å²) in [5.74, 6) is -0.289. The molecule has 8 rings (SSSR count). The molecule has 0 unspecified atom stereocenters. The van der Waals surface area contributed by atoms with Crippen molar-refractivity contribution in [1.29, 1.82) is 0 Å².